The summed E-state index contributed by atoms with van der Waals surface area (Å²) in [5, 5.41) is 8.76. The number of anilines is 1. The van der Waals surface area contributed by atoms with E-state index in [0.29, 0.717) is 12.1 Å². The van der Waals surface area contributed by atoms with Crippen molar-refractivity contribution < 1.29 is 8.78 Å². The summed E-state index contributed by atoms with van der Waals surface area (Å²) >= 11 is 1.28. The molecule has 0 aliphatic heterocycles. The van der Waals surface area contributed by atoms with Gasteiger partial charge in [0.05, 0.1) is 17.3 Å². The molecule has 2 N–H and O–H groups in total. The van der Waals surface area contributed by atoms with E-state index in [1.54, 1.807) is 18.2 Å². The van der Waals surface area contributed by atoms with Gasteiger partial charge in [0.15, 0.2) is 0 Å². The number of rotatable bonds is 5. The van der Waals surface area contributed by atoms with Gasteiger partial charge < -0.3 is 9.71 Å². The highest BCUT2D eigenvalue weighted by atomic mass is 32.2. The fourth-order valence-corrected chi connectivity index (χ4v) is 2.99. The average molecular weight is 341 g/mol. The maximum atomic E-state index is 13.9. The van der Waals surface area contributed by atoms with Crippen LogP contribution in [0, 0.1) is 23.0 Å². The van der Waals surface area contributed by atoms with Crippen molar-refractivity contribution in [1.82, 2.24) is 4.98 Å². The summed E-state index contributed by atoms with van der Waals surface area (Å²) in [6.07, 6.45) is 4.32. The Morgan fingerprint density at radius 1 is 1.08 bits per heavy atom. The van der Waals surface area contributed by atoms with E-state index in [1.807, 2.05) is 18.5 Å². The number of benzene rings is 2. The molecule has 3 nitrogen and oxygen atoms in total. The van der Waals surface area contributed by atoms with Crippen LogP contribution in [0.4, 0.5) is 14.5 Å². The molecule has 0 atom stereocenters. The fraction of sp³-hybridized carbons (Fsp3) is 0.0556. The Hall–Kier alpha value is -2.78. The Bertz CT molecular complexity index is 882. The zero-order chi connectivity index (χ0) is 16.9. The molecule has 0 spiro atoms. The van der Waals surface area contributed by atoms with Gasteiger partial charge in [-0.15, -0.1) is 0 Å². The molecule has 0 fully saturated rings. The number of aromatic nitrogens is 1. The van der Waals surface area contributed by atoms with Gasteiger partial charge in [0, 0.05) is 23.7 Å². The number of nitriles is 1. The van der Waals surface area contributed by atoms with Crippen LogP contribution < -0.4 is 4.72 Å². The van der Waals surface area contributed by atoms with E-state index in [0.717, 1.165) is 16.0 Å². The standard InChI is InChI=1S/C18H13F2N3S/c19-15-4-1-12(2-5-15)7-14-10-22-11-18(14)24-23-17-6-3-13(9-21)8-16(17)20/h1-6,8,10-11,22-23H,7H2. The normalized spacial score (nSPS) is 10.4. The lowest BCUT2D eigenvalue weighted by Crippen LogP contribution is -1.94. The zero-order valence-electron chi connectivity index (χ0n) is 12.5. The number of nitrogens with one attached hydrogen (secondary N) is 2. The van der Waals surface area contributed by atoms with Crippen LogP contribution in [-0.4, -0.2) is 4.98 Å². The quantitative estimate of drug-likeness (QED) is 0.651. The minimum Gasteiger partial charge on any atom is -0.366 e. The van der Waals surface area contributed by atoms with Gasteiger partial charge in [-0.3, -0.25) is 0 Å². The summed E-state index contributed by atoms with van der Waals surface area (Å²) < 4.78 is 29.8. The SMILES string of the molecule is N#Cc1ccc(NSc2c[nH]cc2Cc2ccc(F)cc2)c(F)c1. The van der Waals surface area contributed by atoms with E-state index >= 15 is 0 Å². The van der Waals surface area contributed by atoms with E-state index in [4.69, 9.17) is 5.26 Å². The Balaban J connectivity index is 1.70. The van der Waals surface area contributed by atoms with Crippen molar-refractivity contribution in [2.45, 2.75) is 11.3 Å². The highest BCUT2D eigenvalue weighted by Gasteiger charge is 2.08. The van der Waals surface area contributed by atoms with Crippen molar-refractivity contribution in [3.05, 3.63) is 83.2 Å². The topological polar surface area (TPSA) is 51.6 Å². The first-order valence-corrected chi connectivity index (χ1v) is 8.00. The molecular weight excluding hydrogens is 328 g/mol. The summed E-state index contributed by atoms with van der Waals surface area (Å²) in [6, 6.07) is 12.5. The number of hydrogen-bond acceptors (Lipinski definition) is 3. The van der Waals surface area contributed by atoms with E-state index < -0.39 is 5.82 Å². The lowest BCUT2D eigenvalue weighted by atomic mass is 10.1. The number of H-pyrrole nitrogens is 1. The van der Waals surface area contributed by atoms with Crippen molar-refractivity contribution in [2.24, 2.45) is 0 Å². The number of halogens is 2. The third kappa shape index (κ3) is 3.76. The van der Waals surface area contributed by atoms with Crippen LogP contribution >= 0.6 is 11.9 Å². The van der Waals surface area contributed by atoms with Crippen molar-refractivity contribution in [1.29, 1.82) is 5.26 Å². The molecule has 2 aromatic carbocycles. The second kappa shape index (κ2) is 7.20. The Morgan fingerprint density at radius 2 is 1.88 bits per heavy atom. The Morgan fingerprint density at radius 3 is 2.58 bits per heavy atom. The third-order valence-corrected chi connectivity index (χ3v) is 4.39. The molecule has 0 aliphatic rings. The minimum absolute atomic E-state index is 0.264. The van der Waals surface area contributed by atoms with E-state index in [2.05, 4.69) is 9.71 Å². The van der Waals surface area contributed by atoms with E-state index in [1.165, 1.54) is 36.2 Å². The van der Waals surface area contributed by atoms with Crippen molar-refractivity contribution >= 4 is 17.6 Å². The molecule has 6 heteroatoms. The van der Waals surface area contributed by atoms with Gasteiger partial charge in [0.2, 0.25) is 0 Å². The average Bonchev–Trinajstić information content (AvgIpc) is 3.03. The molecule has 3 aromatic rings. The molecule has 0 aliphatic carbocycles. The lowest BCUT2D eigenvalue weighted by Gasteiger charge is -2.08. The lowest BCUT2D eigenvalue weighted by molar-refractivity contribution is 0.627. The minimum atomic E-state index is -0.475. The van der Waals surface area contributed by atoms with Gasteiger partial charge in [-0.05, 0) is 53.4 Å². The smallest absolute Gasteiger partial charge is 0.148 e. The Labute approximate surface area is 142 Å². The fourth-order valence-electron chi connectivity index (χ4n) is 2.21. The van der Waals surface area contributed by atoms with Gasteiger partial charge in [-0.1, -0.05) is 12.1 Å². The van der Waals surface area contributed by atoms with Crippen molar-refractivity contribution in [2.75, 3.05) is 4.72 Å². The van der Waals surface area contributed by atoms with Crippen LogP contribution in [0.2, 0.25) is 0 Å². The largest absolute Gasteiger partial charge is 0.366 e. The second-order valence-corrected chi connectivity index (χ2v) is 6.01. The maximum absolute atomic E-state index is 13.9. The molecule has 0 bridgehead atoms. The molecule has 0 amide bonds. The number of hydrogen-bond donors (Lipinski definition) is 2. The first kappa shape index (κ1) is 16.1. The summed E-state index contributed by atoms with van der Waals surface area (Å²) in [5.74, 6) is -0.738. The van der Waals surface area contributed by atoms with Crippen LogP contribution in [-0.2, 0) is 6.42 Å². The molecule has 24 heavy (non-hydrogen) atoms. The van der Waals surface area contributed by atoms with Gasteiger partial charge >= 0.3 is 0 Å². The highest BCUT2D eigenvalue weighted by Crippen LogP contribution is 2.27. The van der Waals surface area contributed by atoms with Gasteiger partial charge in [-0.2, -0.15) is 5.26 Å². The summed E-state index contributed by atoms with van der Waals surface area (Å²) in [4.78, 5) is 3.95. The predicted octanol–water partition coefficient (Wildman–Crippen LogP) is 4.87. The zero-order valence-corrected chi connectivity index (χ0v) is 13.3. The number of nitrogens with zero attached hydrogens (tertiary/aromatic N) is 1. The van der Waals surface area contributed by atoms with Gasteiger partial charge in [-0.25, -0.2) is 8.78 Å². The number of aromatic amines is 1. The van der Waals surface area contributed by atoms with Gasteiger partial charge in [0.25, 0.3) is 0 Å². The molecule has 0 radical (unpaired) electrons. The molecule has 1 heterocycles. The van der Waals surface area contributed by atoms with Crippen LogP contribution in [0.3, 0.4) is 0 Å². The van der Waals surface area contributed by atoms with E-state index in [9.17, 15) is 8.78 Å². The van der Waals surface area contributed by atoms with Crippen LogP contribution in [0.1, 0.15) is 16.7 Å². The molecule has 0 saturated heterocycles. The molecule has 120 valence electrons. The first-order chi connectivity index (χ1) is 11.7. The first-order valence-electron chi connectivity index (χ1n) is 7.18. The Kier molecular flexibility index (Phi) is 4.82. The second-order valence-electron chi connectivity index (χ2n) is 5.16. The monoisotopic (exact) mass is 341 g/mol. The van der Waals surface area contributed by atoms with Gasteiger partial charge in [0.1, 0.15) is 11.6 Å². The maximum Gasteiger partial charge on any atom is 0.148 e. The van der Waals surface area contributed by atoms with Crippen LogP contribution in [0.5, 0.6) is 0 Å². The molecule has 1 aromatic heterocycles. The van der Waals surface area contributed by atoms with Crippen LogP contribution in [0.25, 0.3) is 0 Å². The summed E-state index contributed by atoms with van der Waals surface area (Å²) in [6.45, 7) is 0. The molecule has 0 saturated carbocycles. The summed E-state index contributed by atoms with van der Waals surface area (Å²) in [7, 11) is 0. The molecular formula is C18H13F2N3S. The van der Waals surface area contributed by atoms with Crippen molar-refractivity contribution in [3.8, 4) is 6.07 Å². The highest BCUT2D eigenvalue weighted by molar-refractivity contribution is 8.00. The van der Waals surface area contributed by atoms with Crippen LogP contribution in [0.15, 0.2) is 59.8 Å². The van der Waals surface area contributed by atoms with E-state index in [-0.39, 0.29) is 11.4 Å². The molecule has 3 rings (SSSR count). The molecule has 0 unspecified atom stereocenters. The summed E-state index contributed by atoms with van der Waals surface area (Å²) in [5.41, 5.74) is 2.60. The third-order valence-electron chi connectivity index (χ3n) is 3.47. The van der Waals surface area contributed by atoms with Crippen molar-refractivity contribution in [3.63, 3.8) is 0 Å². The predicted molar refractivity (Wildman–Crippen MR) is 90.6 cm³/mol.